The molecule has 2 aromatic heterocycles. The third-order valence-electron chi connectivity index (χ3n) is 10.8. The molecule has 4 atom stereocenters. The van der Waals surface area contributed by atoms with E-state index in [1.54, 1.807) is 0 Å². The fourth-order valence-corrected chi connectivity index (χ4v) is 13.2. The second-order valence-electron chi connectivity index (χ2n) is 16.7. The summed E-state index contributed by atoms with van der Waals surface area (Å²) >= 11 is 6.15. The molecule has 3 aliphatic rings. The normalized spacial score (nSPS) is 22.4. The Labute approximate surface area is 317 Å². The van der Waals surface area contributed by atoms with Gasteiger partial charge in [0.25, 0.3) is 8.32 Å². The number of anilines is 1. The molecular weight excluding hydrogens is 711 g/mol. The van der Waals surface area contributed by atoms with Gasteiger partial charge in [0.15, 0.2) is 11.0 Å². The van der Waals surface area contributed by atoms with E-state index in [4.69, 9.17) is 30.5 Å². The fourth-order valence-electron chi connectivity index (χ4n) is 8.41. The molecule has 1 amide bonds. The standard InChI is InChI=1S/C40H50ClFN6O4Si/c1-39(2,3)51-38(49)48-26-18-19-27(48)23-47(22-26)36-32-21-43-35(41)33(42)34(32)44-37(45-36)50-25-28-20-29(24-46(28)7)52-53(40(4,5)6,30-14-10-8-11-15-30)31-16-12-9-13-17-31/h8-17,21,26-29H,18-20,22-25H2,1-7H3/t26?,27?,28-,29+/m0/s1. The lowest BCUT2D eigenvalue weighted by atomic mass is 10.1. The molecule has 7 rings (SSSR count). The van der Waals surface area contributed by atoms with Crippen molar-refractivity contribution in [1.29, 1.82) is 0 Å². The van der Waals surface area contributed by atoms with Crippen molar-refractivity contribution in [2.75, 3.05) is 38.2 Å². The molecule has 0 saturated carbocycles. The smallest absolute Gasteiger partial charge is 0.410 e. The number of likely N-dealkylation sites (tertiary alicyclic amines) is 1. The maximum absolute atomic E-state index is 15.6. The Kier molecular flexibility index (Phi) is 10.2. The van der Waals surface area contributed by atoms with Crippen molar-refractivity contribution in [1.82, 2.24) is 24.8 Å². The number of halogens is 2. The van der Waals surface area contributed by atoms with Gasteiger partial charge in [0, 0.05) is 31.9 Å². The Morgan fingerprint density at radius 3 is 2.09 bits per heavy atom. The van der Waals surface area contributed by atoms with Crippen LogP contribution in [0, 0.1) is 5.82 Å². The maximum atomic E-state index is 15.6. The number of carbonyl (C=O) groups excluding carboxylic acids is 1. The molecule has 2 bridgehead atoms. The van der Waals surface area contributed by atoms with Crippen LogP contribution in [0.5, 0.6) is 6.01 Å². The van der Waals surface area contributed by atoms with Gasteiger partial charge in [0.2, 0.25) is 0 Å². The third-order valence-corrected chi connectivity index (χ3v) is 16.2. The van der Waals surface area contributed by atoms with E-state index in [2.05, 4.69) is 108 Å². The molecule has 4 aromatic rings. The molecule has 3 fully saturated rings. The van der Waals surface area contributed by atoms with E-state index >= 15 is 4.39 Å². The summed E-state index contributed by atoms with van der Waals surface area (Å²) in [5.74, 6) is -0.203. The molecule has 282 valence electrons. The summed E-state index contributed by atoms with van der Waals surface area (Å²) in [5.41, 5.74) is -0.536. The van der Waals surface area contributed by atoms with E-state index in [1.165, 1.54) is 16.6 Å². The molecule has 10 nitrogen and oxygen atoms in total. The quantitative estimate of drug-likeness (QED) is 0.149. The number of fused-ring (bicyclic) bond motifs is 3. The fraction of sp³-hybridized carbons (Fsp3) is 0.500. The third kappa shape index (κ3) is 7.35. The number of hydrogen-bond donors (Lipinski definition) is 0. The van der Waals surface area contributed by atoms with Crippen molar-refractivity contribution in [2.45, 2.75) is 95.7 Å². The van der Waals surface area contributed by atoms with Crippen LogP contribution in [0.3, 0.4) is 0 Å². The van der Waals surface area contributed by atoms with E-state index in [9.17, 15) is 4.79 Å². The average molecular weight is 761 g/mol. The highest BCUT2D eigenvalue weighted by Crippen LogP contribution is 2.40. The van der Waals surface area contributed by atoms with Crippen LogP contribution >= 0.6 is 11.6 Å². The van der Waals surface area contributed by atoms with Gasteiger partial charge in [-0.05, 0) is 62.5 Å². The highest BCUT2D eigenvalue weighted by Gasteiger charge is 2.52. The van der Waals surface area contributed by atoms with Gasteiger partial charge >= 0.3 is 12.1 Å². The number of likely N-dealkylation sites (N-methyl/N-ethyl adjacent to an activating group) is 1. The Hall–Kier alpha value is -3.84. The lowest BCUT2D eigenvalue weighted by Crippen LogP contribution is -2.67. The van der Waals surface area contributed by atoms with E-state index < -0.39 is 19.7 Å². The number of rotatable bonds is 8. The van der Waals surface area contributed by atoms with Gasteiger partial charge in [-0.3, -0.25) is 9.80 Å². The lowest BCUT2D eigenvalue weighted by molar-refractivity contribution is 0.0122. The van der Waals surface area contributed by atoms with Crippen LogP contribution in [0.15, 0.2) is 66.9 Å². The van der Waals surface area contributed by atoms with E-state index in [0.29, 0.717) is 30.9 Å². The van der Waals surface area contributed by atoms with Crippen LogP contribution in [0.25, 0.3) is 10.9 Å². The van der Waals surface area contributed by atoms with Gasteiger partial charge in [0.1, 0.15) is 23.5 Å². The first-order chi connectivity index (χ1) is 25.1. The minimum absolute atomic E-state index is 0.0139. The molecule has 0 N–H and O–H groups in total. The second-order valence-corrected chi connectivity index (χ2v) is 21.3. The van der Waals surface area contributed by atoms with Crippen LogP contribution in [0.2, 0.25) is 10.2 Å². The molecule has 5 heterocycles. The van der Waals surface area contributed by atoms with E-state index in [-0.39, 0.29) is 52.0 Å². The largest absolute Gasteiger partial charge is 0.462 e. The molecule has 2 aromatic carbocycles. The Morgan fingerprint density at radius 2 is 1.53 bits per heavy atom. The number of nitrogens with zero attached hydrogens (tertiary/aromatic N) is 6. The molecule has 0 radical (unpaired) electrons. The Morgan fingerprint density at radius 1 is 0.925 bits per heavy atom. The van der Waals surface area contributed by atoms with E-state index in [0.717, 1.165) is 25.8 Å². The SMILES string of the molecule is CN1C[C@H](O[Si](c2ccccc2)(c2ccccc2)C(C)(C)C)C[C@H]1COc1nc(N2CC3CCC(C2)N3C(=O)OC(C)(C)C)c2cnc(Cl)c(F)c2n1. The minimum Gasteiger partial charge on any atom is -0.462 e. The minimum atomic E-state index is -2.75. The number of amides is 1. The number of pyridine rings is 1. The summed E-state index contributed by atoms with van der Waals surface area (Å²) in [6.07, 6.45) is 3.61. The average Bonchev–Trinajstić information content (AvgIpc) is 3.60. The summed E-state index contributed by atoms with van der Waals surface area (Å²) in [7, 11) is -0.666. The predicted molar refractivity (Wildman–Crippen MR) is 208 cm³/mol. The number of ether oxygens (including phenoxy) is 2. The van der Waals surface area contributed by atoms with Gasteiger partial charge in [-0.25, -0.2) is 14.2 Å². The molecule has 0 aliphatic carbocycles. The van der Waals surface area contributed by atoms with Gasteiger partial charge in [-0.1, -0.05) is 93.0 Å². The van der Waals surface area contributed by atoms with Gasteiger partial charge in [0.05, 0.1) is 23.6 Å². The molecule has 2 unspecified atom stereocenters. The zero-order chi connectivity index (χ0) is 37.7. The van der Waals surface area contributed by atoms with Gasteiger partial charge < -0.3 is 18.8 Å². The van der Waals surface area contributed by atoms with Crippen LogP contribution in [-0.4, -0.2) is 102 Å². The summed E-state index contributed by atoms with van der Waals surface area (Å²) in [4.78, 5) is 32.8. The van der Waals surface area contributed by atoms with Crippen LogP contribution in [0.1, 0.15) is 60.8 Å². The second kappa shape index (κ2) is 14.4. The van der Waals surface area contributed by atoms with E-state index in [1.807, 2.05) is 25.7 Å². The zero-order valence-corrected chi connectivity index (χ0v) is 33.4. The molecule has 13 heteroatoms. The monoisotopic (exact) mass is 760 g/mol. The topological polar surface area (TPSA) is 93.2 Å². The van der Waals surface area contributed by atoms with Crippen molar-refractivity contribution in [3.63, 3.8) is 0 Å². The van der Waals surface area contributed by atoms with Crippen molar-refractivity contribution in [2.24, 2.45) is 0 Å². The molecule has 3 saturated heterocycles. The molecular formula is C40H50ClFN6O4Si. The van der Waals surface area contributed by atoms with Gasteiger partial charge in [-0.2, -0.15) is 9.97 Å². The summed E-state index contributed by atoms with van der Waals surface area (Å²) in [6, 6.07) is 21.3. The lowest BCUT2D eigenvalue weighted by Gasteiger charge is -2.44. The van der Waals surface area contributed by atoms with Crippen LogP contribution < -0.4 is 20.0 Å². The zero-order valence-electron chi connectivity index (χ0n) is 31.7. The van der Waals surface area contributed by atoms with Gasteiger partial charge in [-0.15, -0.1) is 0 Å². The molecule has 53 heavy (non-hydrogen) atoms. The van der Waals surface area contributed by atoms with Crippen LogP contribution in [-0.2, 0) is 9.16 Å². The highest BCUT2D eigenvalue weighted by molar-refractivity contribution is 6.99. The van der Waals surface area contributed by atoms with Crippen LogP contribution in [0.4, 0.5) is 15.0 Å². The number of carbonyl (C=O) groups is 1. The Bertz CT molecular complexity index is 1890. The molecule has 0 spiro atoms. The first-order valence-electron chi connectivity index (χ1n) is 18.5. The van der Waals surface area contributed by atoms with Crippen molar-refractivity contribution < 1.29 is 23.1 Å². The first-order valence-corrected chi connectivity index (χ1v) is 20.8. The summed E-state index contributed by atoms with van der Waals surface area (Å²) in [5, 5.41) is 2.53. The maximum Gasteiger partial charge on any atom is 0.410 e. The predicted octanol–water partition coefficient (Wildman–Crippen LogP) is 6.43. The number of piperazine rings is 1. The molecule has 3 aliphatic heterocycles. The Balaban J connectivity index is 1.12. The first kappa shape index (κ1) is 37.5. The van der Waals surface area contributed by atoms with Crippen molar-refractivity contribution >= 4 is 53.1 Å². The number of aromatic nitrogens is 3. The number of benzene rings is 2. The highest BCUT2D eigenvalue weighted by atomic mass is 35.5. The summed E-state index contributed by atoms with van der Waals surface area (Å²) < 4.78 is 35.1. The van der Waals surface area contributed by atoms with Crippen molar-refractivity contribution in [3.8, 4) is 6.01 Å². The summed E-state index contributed by atoms with van der Waals surface area (Å²) in [6.45, 7) is 14.5. The number of hydrogen-bond acceptors (Lipinski definition) is 9. The van der Waals surface area contributed by atoms with Crippen molar-refractivity contribution in [3.05, 3.63) is 77.8 Å².